The van der Waals surface area contributed by atoms with E-state index in [0.29, 0.717) is 13.2 Å². The highest BCUT2D eigenvalue weighted by molar-refractivity contribution is 5.92. The van der Waals surface area contributed by atoms with Crippen molar-refractivity contribution in [1.82, 2.24) is 9.78 Å². The first kappa shape index (κ1) is 17.0. The zero-order chi connectivity index (χ0) is 15.8. The minimum absolute atomic E-state index is 0.153. The zero-order valence-electron chi connectivity index (χ0n) is 13.9. The molecule has 1 N–H and O–H groups in total. The molecule has 0 aliphatic heterocycles. The molecule has 0 aromatic carbocycles. The van der Waals surface area contributed by atoms with E-state index < -0.39 is 0 Å². The molecule has 5 heteroatoms. The predicted octanol–water partition coefficient (Wildman–Crippen LogP) is 3.46. The van der Waals surface area contributed by atoms with Gasteiger partial charge in [-0.25, -0.2) is 0 Å². The van der Waals surface area contributed by atoms with Gasteiger partial charge < -0.3 is 10.1 Å². The molecule has 1 saturated carbocycles. The lowest BCUT2D eigenvalue weighted by Crippen LogP contribution is -2.27. The van der Waals surface area contributed by atoms with Gasteiger partial charge >= 0.3 is 0 Å². The van der Waals surface area contributed by atoms with Crippen molar-refractivity contribution in [1.29, 1.82) is 0 Å². The second kappa shape index (κ2) is 8.93. The highest BCUT2D eigenvalue weighted by Crippen LogP contribution is 2.32. The number of anilines is 1. The minimum Gasteiger partial charge on any atom is -0.383 e. The summed E-state index contributed by atoms with van der Waals surface area (Å²) in [7, 11) is 1.67. The van der Waals surface area contributed by atoms with Crippen molar-refractivity contribution in [2.24, 2.45) is 11.8 Å². The molecule has 0 unspecified atom stereocenters. The van der Waals surface area contributed by atoms with Gasteiger partial charge in [-0.1, -0.05) is 26.2 Å². The van der Waals surface area contributed by atoms with E-state index in [9.17, 15) is 4.79 Å². The summed E-state index contributed by atoms with van der Waals surface area (Å²) < 4.78 is 6.81. The molecule has 1 fully saturated rings. The van der Waals surface area contributed by atoms with Crippen LogP contribution in [0.3, 0.4) is 0 Å². The van der Waals surface area contributed by atoms with E-state index in [4.69, 9.17) is 4.74 Å². The number of ether oxygens (including phenoxy) is 1. The average Bonchev–Trinajstić information content (AvgIpc) is 2.98. The molecule has 124 valence electrons. The predicted molar refractivity (Wildman–Crippen MR) is 87.7 cm³/mol. The van der Waals surface area contributed by atoms with Gasteiger partial charge in [0.2, 0.25) is 5.91 Å². The smallest absolute Gasteiger partial charge is 0.227 e. The van der Waals surface area contributed by atoms with E-state index in [1.165, 1.54) is 32.1 Å². The monoisotopic (exact) mass is 307 g/mol. The van der Waals surface area contributed by atoms with Gasteiger partial charge in [-0.05, 0) is 31.6 Å². The van der Waals surface area contributed by atoms with Crippen molar-refractivity contribution in [3.8, 4) is 0 Å². The Bertz CT molecular complexity index is 451. The number of carbonyl (C=O) groups excluding carboxylic acids is 1. The van der Waals surface area contributed by atoms with Gasteiger partial charge in [0.05, 0.1) is 25.0 Å². The second-order valence-electron chi connectivity index (χ2n) is 6.33. The first-order valence-electron chi connectivity index (χ1n) is 8.55. The number of nitrogens with zero attached hydrogens (tertiary/aromatic N) is 2. The second-order valence-corrected chi connectivity index (χ2v) is 6.33. The third kappa shape index (κ3) is 5.13. The Labute approximate surface area is 133 Å². The molecule has 5 nitrogen and oxygen atoms in total. The first-order valence-corrected chi connectivity index (χ1v) is 8.55. The number of amides is 1. The largest absolute Gasteiger partial charge is 0.383 e. The fraction of sp³-hybridized carbons (Fsp3) is 0.765. The number of aromatic nitrogens is 2. The van der Waals surface area contributed by atoms with Crippen LogP contribution in [0.1, 0.15) is 51.9 Å². The molecule has 0 bridgehead atoms. The van der Waals surface area contributed by atoms with E-state index >= 15 is 0 Å². The average molecular weight is 307 g/mol. The molecule has 1 aromatic heterocycles. The van der Waals surface area contributed by atoms with Gasteiger partial charge in [0.25, 0.3) is 0 Å². The van der Waals surface area contributed by atoms with Crippen molar-refractivity contribution >= 4 is 11.6 Å². The summed E-state index contributed by atoms with van der Waals surface area (Å²) in [4.78, 5) is 12.3. The maximum absolute atomic E-state index is 12.3. The van der Waals surface area contributed by atoms with Crippen LogP contribution in [0.2, 0.25) is 0 Å². The molecule has 1 aliphatic carbocycles. The number of unbranched alkanes of at least 4 members (excludes halogenated alkanes) is 1. The molecule has 0 saturated heterocycles. The lowest BCUT2D eigenvalue weighted by atomic mass is 9.79. The van der Waals surface area contributed by atoms with E-state index in [1.54, 1.807) is 18.0 Å². The molecular weight excluding hydrogens is 278 g/mol. The van der Waals surface area contributed by atoms with E-state index in [2.05, 4.69) is 17.3 Å². The number of rotatable bonds is 8. The van der Waals surface area contributed by atoms with Gasteiger partial charge in [0.1, 0.15) is 0 Å². The fourth-order valence-corrected chi connectivity index (χ4v) is 3.19. The van der Waals surface area contributed by atoms with Crippen LogP contribution in [0.25, 0.3) is 0 Å². The van der Waals surface area contributed by atoms with E-state index in [0.717, 1.165) is 24.4 Å². The van der Waals surface area contributed by atoms with E-state index in [1.807, 2.05) is 6.20 Å². The molecule has 2 rings (SSSR count). The zero-order valence-corrected chi connectivity index (χ0v) is 13.9. The van der Waals surface area contributed by atoms with Crippen LogP contribution < -0.4 is 5.32 Å². The summed E-state index contributed by atoms with van der Waals surface area (Å²) in [5.41, 5.74) is 0.786. The molecular formula is C17H29N3O2. The summed E-state index contributed by atoms with van der Waals surface area (Å²) in [6, 6.07) is 0. The van der Waals surface area contributed by atoms with Crippen molar-refractivity contribution < 1.29 is 9.53 Å². The van der Waals surface area contributed by atoms with Crippen LogP contribution in [0, 0.1) is 11.8 Å². The van der Waals surface area contributed by atoms with Crippen LogP contribution >= 0.6 is 0 Å². The van der Waals surface area contributed by atoms with Crippen molar-refractivity contribution in [3.05, 3.63) is 12.4 Å². The third-order valence-corrected chi connectivity index (χ3v) is 4.61. The van der Waals surface area contributed by atoms with Crippen molar-refractivity contribution in [2.75, 3.05) is 19.0 Å². The van der Waals surface area contributed by atoms with Gasteiger partial charge in [0.15, 0.2) is 0 Å². The van der Waals surface area contributed by atoms with Crippen molar-refractivity contribution in [2.45, 2.75) is 58.4 Å². The number of methoxy groups -OCH3 is 1. The van der Waals surface area contributed by atoms with Crippen LogP contribution in [0.4, 0.5) is 5.69 Å². The highest BCUT2D eigenvalue weighted by Gasteiger charge is 2.26. The Kier molecular flexibility index (Phi) is 6.90. The van der Waals surface area contributed by atoms with Crippen LogP contribution in [-0.2, 0) is 16.1 Å². The van der Waals surface area contributed by atoms with Gasteiger partial charge in [-0.15, -0.1) is 0 Å². The third-order valence-electron chi connectivity index (χ3n) is 4.61. The normalized spacial score (nSPS) is 21.7. The summed E-state index contributed by atoms with van der Waals surface area (Å²) in [6.07, 6.45) is 11.9. The van der Waals surface area contributed by atoms with Crippen LogP contribution in [0.5, 0.6) is 0 Å². The lowest BCUT2D eigenvalue weighted by molar-refractivity contribution is -0.121. The number of hydrogen-bond acceptors (Lipinski definition) is 3. The Morgan fingerprint density at radius 3 is 2.86 bits per heavy atom. The summed E-state index contributed by atoms with van der Waals surface area (Å²) in [6.45, 7) is 3.57. The van der Waals surface area contributed by atoms with Gasteiger partial charge in [-0.2, -0.15) is 5.10 Å². The molecule has 0 radical (unpaired) electrons. The first-order chi connectivity index (χ1) is 10.7. The number of nitrogens with one attached hydrogen (secondary N) is 1. The summed E-state index contributed by atoms with van der Waals surface area (Å²) >= 11 is 0. The maximum Gasteiger partial charge on any atom is 0.227 e. The molecule has 1 aromatic rings. The molecule has 1 amide bonds. The summed E-state index contributed by atoms with van der Waals surface area (Å²) in [5, 5.41) is 7.22. The Morgan fingerprint density at radius 1 is 1.41 bits per heavy atom. The van der Waals surface area contributed by atoms with Gasteiger partial charge in [0, 0.05) is 19.2 Å². The van der Waals surface area contributed by atoms with Gasteiger partial charge in [-0.3, -0.25) is 9.48 Å². The quantitative estimate of drug-likeness (QED) is 0.800. The number of carbonyl (C=O) groups is 1. The molecule has 22 heavy (non-hydrogen) atoms. The SMILES string of the molecule is CCCCC1CCC(C(=O)Nc2cnn(CCOC)c2)CC1. The molecule has 1 heterocycles. The summed E-state index contributed by atoms with van der Waals surface area (Å²) in [5.74, 6) is 1.15. The molecule has 0 spiro atoms. The lowest BCUT2D eigenvalue weighted by Gasteiger charge is -2.27. The topological polar surface area (TPSA) is 56.2 Å². The minimum atomic E-state index is 0.153. The Morgan fingerprint density at radius 2 is 2.18 bits per heavy atom. The number of hydrogen-bond donors (Lipinski definition) is 1. The Hall–Kier alpha value is -1.36. The van der Waals surface area contributed by atoms with Crippen LogP contribution in [-0.4, -0.2) is 29.4 Å². The van der Waals surface area contributed by atoms with Crippen LogP contribution in [0.15, 0.2) is 12.4 Å². The van der Waals surface area contributed by atoms with Crippen molar-refractivity contribution in [3.63, 3.8) is 0 Å². The molecule has 1 aliphatic rings. The highest BCUT2D eigenvalue weighted by atomic mass is 16.5. The standard InChI is InChI=1S/C17H29N3O2/c1-3-4-5-14-6-8-15(9-7-14)17(21)19-16-12-18-20(13-16)10-11-22-2/h12-15H,3-11H2,1-2H3,(H,19,21). The fourth-order valence-electron chi connectivity index (χ4n) is 3.19. The van der Waals surface area contributed by atoms with E-state index in [-0.39, 0.29) is 11.8 Å². The maximum atomic E-state index is 12.3. The Balaban J connectivity index is 1.74. The molecule has 0 atom stereocenters.